The number of aromatic nitrogens is 2. The largest absolute Gasteiger partial charge is 0.368 e. The zero-order valence-electron chi connectivity index (χ0n) is 17.1. The number of Topliss-reactive ketones (excluding diaryl/α,β-unsaturated/α-hetero) is 1. The number of rotatable bonds is 3. The zero-order chi connectivity index (χ0) is 20.7. The van der Waals surface area contributed by atoms with Crippen LogP contribution in [0.15, 0.2) is 42.1 Å². The number of carbonyl (C=O) groups excluding carboxylic acids is 2. The molecule has 5 rings (SSSR count). The van der Waals surface area contributed by atoms with E-state index in [-0.39, 0.29) is 23.5 Å². The highest BCUT2D eigenvalue weighted by Gasteiger charge is 2.45. The quantitative estimate of drug-likeness (QED) is 0.852. The normalized spacial score (nSPS) is 23.3. The molecule has 2 aliphatic carbocycles. The number of carbonyl (C=O) groups is 2. The Labute approximate surface area is 176 Å². The fourth-order valence-electron chi connectivity index (χ4n) is 5.43. The van der Waals surface area contributed by atoms with Crippen LogP contribution >= 0.6 is 0 Å². The average Bonchev–Trinajstić information content (AvgIpc) is 3.29. The van der Waals surface area contributed by atoms with Crippen LogP contribution in [0, 0.1) is 0 Å². The summed E-state index contributed by atoms with van der Waals surface area (Å²) in [6.45, 7) is 1.38. The van der Waals surface area contributed by atoms with Crippen molar-refractivity contribution in [1.82, 2.24) is 14.9 Å². The van der Waals surface area contributed by atoms with Crippen molar-refractivity contribution in [2.24, 2.45) is 0 Å². The molecule has 1 spiro atoms. The van der Waals surface area contributed by atoms with Crippen LogP contribution in [0.3, 0.4) is 0 Å². The van der Waals surface area contributed by atoms with Gasteiger partial charge in [-0.25, -0.2) is 9.97 Å². The molecule has 1 amide bonds. The highest BCUT2D eigenvalue weighted by Crippen LogP contribution is 2.44. The van der Waals surface area contributed by atoms with E-state index in [0.717, 1.165) is 61.0 Å². The number of benzene rings is 1. The Kier molecular flexibility index (Phi) is 4.65. The molecular formula is C24H26N4O2. The molecule has 0 radical (unpaired) electrons. The topological polar surface area (TPSA) is 89.2 Å². The molecule has 3 aliphatic rings. The monoisotopic (exact) mass is 402 g/mol. The first-order valence-corrected chi connectivity index (χ1v) is 10.8. The second-order valence-corrected chi connectivity index (χ2v) is 8.72. The lowest BCUT2D eigenvalue weighted by atomic mass is 9.77. The summed E-state index contributed by atoms with van der Waals surface area (Å²) in [5.74, 6) is 0.455. The minimum Gasteiger partial charge on any atom is -0.368 e. The molecule has 1 aromatic carbocycles. The van der Waals surface area contributed by atoms with Crippen LogP contribution < -0.4 is 5.73 Å². The lowest BCUT2D eigenvalue weighted by Crippen LogP contribution is -2.48. The molecule has 1 saturated heterocycles. The number of piperidine rings is 1. The SMILES string of the molecule is Nc1ncc2c(n1)C1(CCCN(C(=O)CC3=C(c4ccccc4)CCC3=O)C1)CC2. The Morgan fingerprint density at radius 2 is 1.97 bits per heavy atom. The van der Waals surface area contributed by atoms with Crippen LogP contribution in [-0.4, -0.2) is 39.6 Å². The Bertz CT molecular complexity index is 1040. The summed E-state index contributed by atoms with van der Waals surface area (Å²) in [6, 6.07) is 9.96. The predicted molar refractivity (Wildman–Crippen MR) is 114 cm³/mol. The molecule has 1 fully saturated rings. The van der Waals surface area contributed by atoms with E-state index in [1.54, 1.807) is 0 Å². The van der Waals surface area contributed by atoms with E-state index in [1.165, 1.54) is 0 Å². The summed E-state index contributed by atoms with van der Waals surface area (Å²) >= 11 is 0. The van der Waals surface area contributed by atoms with Crippen molar-refractivity contribution in [3.8, 4) is 0 Å². The number of nitrogen functional groups attached to an aromatic ring is 1. The Morgan fingerprint density at radius 3 is 2.80 bits per heavy atom. The van der Waals surface area contributed by atoms with Crippen LogP contribution in [-0.2, 0) is 21.4 Å². The Morgan fingerprint density at radius 1 is 1.13 bits per heavy atom. The molecule has 1 aliphatic heterocycles. The van der Waals surface area contributed by atoms with Crippen molar-refractivity contribution < 1.29 is 9.59 Å². The molecule has 1 atom stereocenters. The van der Waals surface area contributed by atoms with E-state index in [4.69, 9.17) is 5.73 Å². The number of hydrogen-bond donors (Lipinski definition) is 1. The van der Waals surface area contributed by atoms with Gasteiger partial charge in [-0.05, 0) is 48.8 Å². The molecule has 6 heteroatoms. The van der Waals surface area contributed by atoms with Gasteiger partial charge in [-0.15, -0.1) is 0 Å². The number of hydrogen-bond acceptors (Lipinski definition) is 5. The van der Waals surface area contributed by atoms with E-state index in [2.05, 4.69) is 9.97 Å². The number of fused-ring (bicyclic) bond motifs is 2. The van der Waals surface area contributed by atoms with Crippen molar-refractivity contribution in [1.29, 1.82) is 0 Å². The zero-order valence-corrected chi connectivity index (χ0v) is 17.1. The van der Waals surface area contributed by atoms with Crippen molar-refractivity contribution in [2.45, 2.75) is 50.4 Å². The van der Waals surface area contributed by atoms with Crippen molar-refractivity contribution >= 4 is 23.2 Å². The number of ketones is 1. The van der Waals surface area contributed by atoms with E-state index in [1.807, 2.05) is 41.4 Å². The molecule has 0 bridgehead atoms. The van der Waals surface area contributed by atoms with Crippen LogP contribution in [0.25, 0.3) is 5.57 Å². The lowest BCUT2D eigenvalue weighted by molar-refractivity contribution is -0.133. The van der Waals surface area contributed by atoms with Gasteiger partial charge >= 0.3 is 0 Å². The van der Waals surface area contributed by atoms with Crippen molar-refractivity contribution in [3.05, 3.63) is 58.9 Å². The lowest BCUT2D eigenvalue weighted by Gasteiger charge is -2.40. The number of aryl methyl sites for hydroxylation is 1. The molecule has 2 heterocycles. The number of nitrogens with zero attached hydrogens (tertiary/aromatic N) is 3. The van der Waals surface area contributed by atoms with Crippen molar-refractivity contribution in [3.63, 3.8) is 0 Å². The van der Waals surface area contributed by atoms with Gasteiger partial charge in [0.1, 0.15) is 0 Å². The van der Waals surface area contributed by atoms with Gasteiger partial charge in [0.15, 0.2) is 5.78 Å². The highest BCUT2D eigenvalue weighted by molar-refractivity contribution is 6.10. The fourth-order valence-corrected chi connectivity index (χ4v) is 5.43. The number of likely N-dealkylation sites (tertiary alicyclic amines) is 1. The van der Waals surface area contributed by atoms with Gasteiger partial charge in [-0.3, -0.25) is 9.59 Å². The molecule has 30 heavy (non-hydrogen) atoms. The van der Waals surface area contributed by atoms with Gasteiger partial charge in [0.05, 0.1) is 12.1 Å². The van der Waals surface area contributed by atoms with Crippen LogP contribution in [0.5, 0.6) is 0 Å². The summed E-state index contributed by atoms with van der Waals surface area (Å²) in [4.78, 5) is 36.5. The maximum absolute atomic E-state index is 13.3. The first kappa shape index (κ1) is 19.0. The van der Waals surface area contributed by atoms with Crippen LogP contribution in [0.2, 0.25) is 0 Å². The third kappa shape index (κ3) is 3.20. The number of amides is 1. The summed E-state index contributed by atoms with van der Waals surface area (Å²) < 4.78 is 0. The van der Waals surface area contributed by atoms with E-state index >= 15 is 0 Å². The second-order valence-electron chi connectivity index (χ2n) is 8.72. The Hall–Kier alpha value is -3.02. The third-order valence-corrected chi connectivity index (χ3v) is 6.94. The predicted octanol–water partition coefficient (Wildman–Crippen LogP) is 3.07. The third-order valence-electron chi connectivity index (χ3n) is 6.94. The second kappa shape index (κ2) is 7.35. The minimum atomic E-state index is -0.128. The smallest absolute Gasteiger partial charge is 0.227 e. The molecule has 1 aromatic heterocycles. The molecule has 6 nitrogen and oxygen atoms in total. The van der Waals surface area contributed by atoms with Crippen LogP contribution in [0.4, 0.5) is 5.95 Å². The van der Waals surface area contributed by atoms with Gasteiger partial charge in [0, 0.05) is 36.7 Å². The number of nitrogens with two attached hydrogens (primary N) is 1. The molecule has 0 saturated carbocycles. The van der Waals surface area contributed by atoms with Crippen LogP contribution in [0.1, 0.15) is 55.3 Å². The van der Waals surface area contributed by atoms with Gasteiger partial charge in [0.25, 0.3) is 0 Å². The maximum Gasteiger partial charge on any atom is 0.227 e. The molecule has 1 unspecified atom stereocenters. The van der Waals surface area contributed by atoms with Gasteiger partial charge in [0.2, 0.25) is 11.9 Å². The Balaban J connectivity index is 1.39. The first-order valence-electron chi connectivity index (χ1n) is 10.8. The minimum absolute atomic E-state index is 0.0447. The summed E-state index contributed by atoms with van der Waals surface area (Å²) in [5, 5.41) is 0. The number of anilines is 1. The average molecular weight is 402 g/mol. The summed E-state index contributed by atoms with van der Waals surface area (Å²) in [5.41, 5.74) is 10.7. The van der Waals surface area contributed by atoms with E-state index in [0.29, 0.717) is 24.5 Å². The number of allylic oxidation sites excluding steroid dienone is 1. The molecular weight excluding hydrogens is 376 g/mol. The standard InChI is InChI=1S/C24H26N4O2/c25-23-26-14-17-9-11-24(22(17)27-23)10-4-12-28(15-24)21(30)13-19-18(7-8-20(19)29)16-5-2-1-3-6-16/h1-3,5-6,14H,4,7-13,15H2,(H2,25,26,27). The molecule has 154 valence electrons. The van der Waals surface area contributed by atoms with E-state index < -0.39 is 0 Å². The molecule has 2 aromatic rings. The first-order chi connectivity index (χ1) is 14.6. The molecule has 2 N–H and O–H groups in total. The summed E-state index contributed by atoms with van der Waals surface area (Å²) in [7, 11) is 0. The van der Waals surface area contributed by atoms with Gasteiger partial charge < -0.3 is 10.6 Å². The van der Waals surface area contributed by atoms with Gasteiger partial charge in [-0.2, -0.15) is 0 Å². The maximum atomic E-state index is 13.3. The van der Waals surface area contributed by atoms with Crippen molar-refractivity contribution in [2.75, 3.05) is 18.8 Å². The van der Waals surface area contributed by atoms with Gasteiger partial charge in [-0.1, -0.05) is 30.3 Å². The summed E-state index contributed by atoms with van der Waals surface area (Å²) in [6.07, 6.45) is 7.10. The van der Waals surface area contributed by atoms with E-state index in [9.17, 15) is 9.59 Å². The highest BCUT2D eigenvalue weighted by atomic mass is 16.2. The fraction of sp³-hybridized carbons (Fsp3) is 0.417.